The lowest BCUT2D eigenvalue weighted by molar-refractivity contribution is 0.358. The number of aromatic nitrogens is 1. The quantitative estimate of drug-likeness (QED) is 0.782. The van der Waals surface area contributed by atoms with E-state index in [1.807, 2.05) is 30.3 Å². The summed E-state index contributed by atoms with van der Waals surface area (Å²) in [5.41, 5.74) is 1.98. The molecular weight excluding hydrogens is 242 g/mol. The van der Waals surface area contributed by atoms with Crippen molar-refractivity contribution in [1.82, 2.24) is 4.98 Å². The molecule has 4 nitrogen and oxygen atoms in total. The van der Waals surface area contributed by atoms with Gasteiger partial charge in [-0.25, -0.2) is 0 Å². The summed E-state index contributed by atoms with van der Waals surface area (Å²) in [4.78, 5) is 3.36. The minimum Gasteiger partial charge on any atom is -0.497 e. The van der Waals surface area contributed by atoms with Gasteiger partial charge in [0.1, 0.15) is 5.75 Å². The first-order valence-electron chi connectivity index (χ1n) is 5.99. The summed E-state index contributed by atoms with van der Waals surface area (Å²) in [6.07, 6.45) is 0. The van der Waals surface area contributed by atoms with Crippen LogP contribution in [0.3, 0.4) is 0 Å². The van der Waals surface area contributed by atoms with Crippen molar-refractivity contribution in [3.8, 4) is 17.2 Å². The molecule has 98 valence electrons. The molecule has 4 heteroatoms. The number of methoxy groups -OCH3 is 3. The van der Waals surface area contributed by atoms with Crippen molar-refractivity contribution in [2.75, 3.05) is 21.3 Å². The Labute approximate surface area is 110 Å². The predicted octanol–water partition coefficient (Wildman–Crippen LogP) is 3.35. The Morgan fingerprint density at radius 1 is 0.842 bits per heavy atom. The molecule has 0 atom stereocenters. The Morgan fingerprint density at radius 3 is 2.37 bits per heavy atom. The Balaban J connectivity index is 2.39. The topological polar surface area (TPSA) is 43.5 Å². The maximum absolute atomic E-state index is 5.45. The SMILES string of the molecule is COc1ccc2[nH]c3c(OC)c(OC)ccc3c2c1. The van der Waals surface area contributed by atoms with Crippen molar-refractivity contribution >= 4 is 21.8 Å². The average Bonchev–Trinajstić information content (AvgIpc) is 2.83. The molecule has 0 saturated carbocycles. The van der Waals surface area contributed by atoms with E-state index in [-0.39, 0.29) is 0 Å². The average molecular weight is 257 g/mol. The fourth-order valence-corrected chi connectivity index (χ4v) is 2.39. The van der Waals surface area contributed by atoms with Crippen LogP contribution >= 0.6 is 0 Å². The van der Waals surface area contributed by atoms with Gasteiger partial charge in [-0.15, -0.1) is 0 Å². The number of fused-ring (bicyclic) bond motifs is 3. The first-order chi connectivity index (χ1) is 9.28. The molecule has 3 rings (SSSR count). The summed E-state index contributed by atoms with van der Waals surface area (Å²) in [6, 6.07) is 9.88. The van der Waals surface area contributed by atoms with Gasteiger partial charge in [0.05, 0.1) is 26.8 Å². The van der Waals surface area contributed by atoms with E-state index in [2.05, 4.69) is 4.98 Å². The second kappa shape index (κ2) is 4.39. The molecule has 1 aromatic heterocycles. The minimum absolute atomic E-state index is 0.716. The molecule has 19 heavy (non-hydrogen) atoms. The van der Waals surface area contributed by atoms with E-state index < -0.39 is 0 Å². The van der Waals surface area contributed by atoms with E-state index in [1.165, 1.54) is 0 Å². The third-order valence-corrected chi connectivity index (χ3v) is 3.32. The number of hydrogen-bond donors (Lipinski definition) is 1. The summed E-state index contributed by atoms with van der Waals surface area (Å²) in [7, 11) is 4.94. The molecule has 3 aromatic rings. The zero-order valence-electron chi connectivity index (χ0n) is 11.1. The third-order valence-electron chi connectivity index (χ3n) is 3.32. The lowest BCUT2D eigenvalue weighted by Gasteiger charge is -2.07. The molecular formula is C15H15NO3. The summed E-state index contributed by atoms with van der Waals surface area (Å²) < 4.78 is 16.0. The number of benzene rings is 2. The van der Waals surface area contributed by atoms with Gasteiger partial charge in [-0.2, -0.15) is 0 Å². The molecule has 0 amide bonds. The minimum atomic E-state index is 0.716. The lowest BCUT2D eigenvalue weighted by Crippen LogP contribution is -1.90. The van der Waals surface area contributed by atoms with Crippen LogP contribution in [0.4, 0.5) is 0 Å². The summed E-state index contributed by atoms with van der Waals surface area (Å²) in [6.45, 7) is 0. The highest BCUT2D eigenvalue weighted by molar-refractivity contribution is 6.10. The van der Waals surface area contributed by atoms with Gasteiger partial charge in [-0.1, -0.05) is 0 Å². The number of ether oxygens (including phenoxy) is 3. The molecule has 0 aliphatic heterocycles. The first-order valence-corrected chi connectivity index (χ1v) is 5.99. The van der Waals surface area contributed by atoms with Gasteiger partial charge in [0.2, 0.25) is 0 Å². The van der Waals surface area contributed by atoms with Gasteiger partial charge in [0, 0.05) is 16.3 Å². The standard InChI is InChI=1S/C15H15NO3/c1-17-9-4-6-12-11(8-9)10-5-7-13(18-2)15(19-3)14(10)16-12/h4-8,16H,1-3H3. The van der Waals surface area contributed by atoms with Crippen LogP contribution in [0, 0.1) is 0 Å². The molecule has 0 aliphatic rings. The molecule has 0 unspecified atom stereocenters. The van der Waals surface area contributed by atoms with Crippen LogP contribution in [0.15, 0.2) is 30.3 Å². The van der Waals surface area contributed by atoms with Crippen molar-refractivity contribution < 1.29 is 14.2 Å². The first kappa shape index (κ1) is 11.7. The number of nitrogens with one attached hydrogen (secondary N) is 1. The summed E-state index contributed by atoms with van der Waals surface area (Å²) >= 11 is 0. The maximum Gasteiger partial charge on any atom is 0.184 e. The second-order valence-electron chi connectivity index (χ2n) is 4.26. The monoisotopic (exact) mass is 257 g/mol. The van der Waals surface area contributed by atoms with Crippen LogP contribution in [0.25, 0.3) is 21.8 Å². The van der Waals surface area contributed by atoms with E-state index in [0.717, 1.165) is 33.3 Å². The van der Waals surface area contributed by atoms with Crippen molar-refractivity contribution in [3.05, 3.63) is 30.3 Å². The lowest BCUT2D eigenvalue weighted by atomic mass is 10.1. The molecule has 1 N–H and O–H groups in total. The van der Waals surface area contributed by atoms with Gasteiger partial charge < -0.3 is 19.2 Å². The zero-order valence-corrected chi connectivity index (χ0v) is 11.1. The molecule has 0 bridgehead atoms. The van der Waals surface area contributed by atoms with Crippen LogP contribution < -0.4 is 14.2 Å². The van der Waals surface area contributed by atoms with Crippen LogP contribution in [0.1, 0.15) is 0 Å². The highest BCUT2D eigenvalue weighted by Gasteiger charge is 2.13. The van der Waals surface area contributed by atoms with Crippen molar-refractivity contribution in [3.63, 3.8) is 0 Å². The van der Waals surface area contributed by atoms with Gasteiger partial charge in [-0.05, 0) is 30.3 Å². The molecule has 0 aliphatic carbocycles. The predicted molar refractivity (Wildman–Crippen MR) is 75.5 cm³/mol. The normalized spacial score (nSPS) is 10.9. The molecule has 0 spiro atoms. The van der Waals surface area contributed by atoms with Crippen LogP contribution in [0.2, 0.25) is 0 Å². The number of rotatable bonds is 3. The van der Waals surface area contributed by atoms with Crippen LogP contribution in [-0.2, 0) is 0 Å². The smallest absolute Gasteiger partial charge is 0.184 e. The largest absolute Gasteiger partial charge is 0.497 e. The van der Waals surface area contributed by atoms with Crippen LogP contribution in [0.5, 0.6) is 17.2 Å². The summed E-state index contributed by atoms with van der Waals surface area (Å²) in [5.74, 6) is 2.27. The maximum atomic E-state index is 5.45. The van der Waals surface area contributed by atoms with Crippen molar-refractivity contribution in [2.24, 2.45) is 0 Å². The van der Waals surface area contributed by atoms with E-state index >= 15 is 0 Å². The highest BCUT2D eigenvalue weighted by atomic mass is 16.5. The fourth-order valence-electron chi connectivity index (χ4n) is 2.39. The fraction of sp³-hybridized carbons (Fsp3) is 0.200. The van der Waals surface area contributed by atoms with E-state index in [1.54, 1.807) is 21.3 Å². The Morgan fingerprint density at radius 2 is 1.68 bits per heavy atom. The number of hydrogen-bond acceptors (Lipinski definition) is 3. The molecule has 1 heterocycles. The molecule has 0 saturated heterocycles. The Bertz CT molecular complexity index is 746. The second-order valence-corrected chi connectivity index (χ2v) is 4.26. The summed E-state index contributed by atoms with van der Waals surface area (Å²) in [5, 5.41) is 2.20. The van der Waals surface area contributed by atoms with E-state index in [9.17, 15) is 0 Å². The Hall–Kier alpha value is -2.36. The third kappa shape index (κ3) is 1.68. The van der Waals surface area contributed by atoms with Crippen LogP contribution in [-0.4, -0.2) is 26.3 Å². The van der Waals surface area contributed by atoms with Gasteiger partial charge in [0.25, 0.3) is 0 Å². The van der Waals surface area contributed by atoms with Gasteiger partial charge in [0.15, 0.2) is 11.5 Å². The molecule has 0 radical (unpaired) electrons. The van der Waals surface area contributed by atoms with Gasteiger partial charge >= 0.3 is 0 Å². The van der Waals surface area contributed by atoms with E-state index in [0.29, 0.717) is 5.75 Å². The molecule has 0 fully saturated rings. The van der Waals surface area contributed by atoms with Gasteiger partial charge in [-0.3, -0.25) is 0 Å². The Kier molecular flexibility index (Phi) is 2.71. The molecule has 2 aromatic carbocycles. The number of H-pyrrole nitrogens is 1. The zero-order chi connectivity index (χ0) is 13.4. The highest BCUT2D eigenvalue weighted by Crippen LogP contribution is 2.39. The van der Waals surface area contributed by atoms with Crippen molar-refractivity contribution in [2.45, 2.75) is 0 Å². The number of aromatic amines is 1. The van der Waals surface area contributed by atoms with E-state index in [4.69, 9.17) is 14.2 Å². The van der Waals surface area contributed by atoms with Crippen molar-refractivity contribution in [1.29, 1.82) is 0 Å².